The summed E-state index contributed by atoms with van der Waals surface area (Å²) in [4.78, 5) is 11.0. The Hall–Kier alpha value is -3.46. The summed E-state index contributed by atoms with van der Waals surface area (Å²) in [7, 11) is -4.01. The summed E-state index contributed by atoms with van der Waals surface area (Å²) >= 11 is 0. The van der Waals surface area contributed by atoms with E-state index in [0.29, 0.717) is 11.3 Å². The Kier molecular flexibility index (Phi) is 6.02. The van der Waals surface area contributed by atoms with Crippen LogP contribution in [0.1, 0.15) is 21.5 Å². The second kappa shape index (κ2) is 8.50. The van der Waals surface area contributed by atoms with E-state index in [0.717, 1.165) is 12.1 Å². The molecule has 0 spiro atoms. The Morgan fingerprint density at radius 1 is 1.07 bits per heavy atom. The van der Waals surface area contributed by atoms with Gasteiger partial charge >= 0.3 is 5.97 Å². The maximum atomic E-state index is 13.7. The lowest BCUT2D eigenvalue weighted by Crippen LogP contribution is -2.14. The molecular formula is C21H17F2NO5S. The molecule has 30 heavy (non-hydrogen) atoms. The van der Waals surface area contributed by atoms with Gasteiger partial charge in [0, 0.05) is 11.3 Å². The molecule has 0 heterocycles. The van der Waals surface area contributed by atoms with Crippen molar-refractivity contribution >= 4 is 21.7 Å². The van der Waals surface area contributed by atoms with Crippen LogP contribution in [0.3, 0.4) is 0 Å². The summed E-state index contributed by atoms with van der Waals surface area (Å²) in [6, 6.07) is 13.4. The number of hydrogen-bond donors (Lipinski definition) is 2. The van der Waals surface area contributed by atoms with Crippen molar-refractivity contribution in [2.24, 2.45) is 0 Å². The molecule has 2 N–H and O–H groups in total. The molecule has 0 bridgehead atoms. The van der Waals surface area contributed by atoms with Gasteiger partial charge in [-0.05, 0) is 55.0 Å². The minimum absolute atomic E-state index is 0.0494. The number of rotatable bonds is 7. The quantitative estimate of drug-likeness (QED) is 0.578. The highest BCUT2D eigenvalue weighted by Crippen LogP contribution is 2.22. The molecule has 0 saturated heterocycles. The topological polar surface area (TPSA) is 92.7 Å². The van der Waals surface area contributed by atoms with Gasteiger partial charge in [0.15, 0.2) is 11.6 Å². The predicted molar refractivity (Wildman–Crippen MR) is 106 cm³/mol. The standard InChI is InChI=1S/C21H17F2NO5S/c1-13-5-10-17(11-18(13)21(25)26)30(27,28)24-15-6-8-16(9-7-15)29-12-14-3-2-4-19(22)20(14)23/h2-11,24H,12H2,1H3,(H,25,26). The van der Waals surface area contributed by atoms with Crippen molar-refractivity contribution in [1.82, 2.24) is 0 Å². The number of nitrogens with one attached hydrogen (secondary N) is 1. The lowest BCUT2D eigenvalue weighted by atomic mass is 10.1. The average Bonchev–Trinajstić information content (AvgIpc) is 2.70. The molecule has 0 aliphatic rings. The van der Waals surface area contributed by atoms with Gasteiger partial charge in [-0.3, -0.25) is 4.72 Å². The van der Waals surface area contributed by atoms with Crippen LogP contribution in [0.5, 0.6) is 5.75 Å². The molecule has 156 valence electrons. The van der Waals surface area contributed by atoms with E-state index in [2.05, 4.69) is 4.72 Å². The third-order valence-electron chi connectivity index (χ3n) is 4.28. The van der Waals surface area contributed by atoms with Gasteiger partial charge in [0.05, 0.1) is 10.5 Å². The van der Waals surface area contributed by atoms with Crippen LogP contribution in [0.2, 0.25) is 0 Å². The first kappa shape index (κ1) is 21.3. The van der Waals surface area contributed by atoms with Crippen molar-refractivity contribution in [3.63, 3.8) is 0 Å². The number of aryl methyl sites for hydroxylation is 1. The van der Waals surface area contributed by atoms with Gasteiger partial charge in [-0.1, -0.05) is 18.2 Å². The number of halogens is 2. The number of ether oxygens (including phenoxy) is 1. The van der Waals surface area contributed by atoms with E-state index in [-0.39, 0.29) is 28.3 Å². The first-order valence-corrected chi connectivity index (χ1v) is 10.2. The van der Waals surface area contributed by atoms with Crippen molar-refractivity contribution in [3.05, 3.63) is 89.0 Å². The molecule has 0 atom stereocenters. The molecular weight excluding hydrogens is 416 g/mol. The van der Waals surface area contributed by atoms with Crippen molar-refractivity contribution in [2.45, 2.75) is 18.4 Å². The van der Waals surface area contributed by atoms with E-state index in [4.69, 9.17) is 9.84 Å². The number of carboxylic acids is 1. The summed E-state index contributed by atoms with van der Waals surface area (Å²) in [6.07, 6.45) is 0. The van der Waals surface area contributed by atoms with Crippen molar-refractivity contribution in [3.8, 4) is 5.75 Å². The number of aromatic carboxylic acids is 1. The molecule has 0 aromatic heterocycles. The van der Waals surface area contributed by atoms with E-state index in [9.17, 15) is 22.0 Å². The zero-order valence-electron chi connectivity index (χ0n) is 15.7. The number of carbonyl (C=O) groups is 1. The highest BCUT2D eigenvalue weighted by Gasteiger charge is 2.18. The second-order valence-electron chi connectivity index (χ2n) is 6.41. The van der Waals surface area contributed by atoms with Crippen molar-refractivity contribution < 1.29 is 31.8 Å². The molecule has 0 saturated carbocycles. The third-order valence-corrected chi connectivity index (χ3v) is 5.66. The fourth-order valence-electron chi connectivity index (χ4n) is 2.65. The number of benzene rings is 3. The summed E-state index contributed by atoms with van der Waals surface area (Å²) in [5.41, 5.74) is 0.606. The second-order valence-corrected chi connectivity index (χ2v) is 8.10. The largest absolute Gasteiger partial charge is 0.489 e. The van der Waals surface area contributed by atoms with Gasteiger partial charge in [0.1, 0.15) is 12.4 Å². The summed E-state index contributed by atoms with van der Waals surface area (Å²) in [6.45, 7) is 1.37. The Morgan fingerprint density at radius 2 is 1.77 bits per heavy atom. The van der Waals surface area contributed by atoms with Crippen LogP contribution in [0.25, 0.3) is 0 Å². The third kappa shape index (κ3) is 4.74. The Morgan fingerprint density at radius 3 is 2.43 bits per heavy atom. The van der Waals surface area contributed by atoms with Gasteiger partial charge in [-0.2, -0.15) is 0 Å². The molecule has 3 aromatic carbocycles. The number of sulfonamides is 1. The number of carboxylic acid groups (broad SMARTS) is 1. The summed E-state index contributed by atoms with van der Waals surface area (Å²) < 4.78 is 59.7. The van der Waals surface area contributed by atoms with Crippen LogP contribution in [0.15, 0.2) is 65.6 Å². The maximum absolute atomic E-state index is 13.7. The lowest BCUT2D eigenvalue weighted by molar-refractivity contribution is 0.0696. The van der Waals surface area contributed by atoms with Crippen LogP contribution in [-0.2, 0) is 16.6 Å². The molecule has 0 aliphatic heterocycles. The maximum Gasteiger partial charge on any atom is 0.335 e. The Labute approximate surface area is 171 Å². The van der Waals surface area contributed by atoms with Crippen LogP contribution < -0.4 is 9.46 Å². The zero-order chi connectivity index (χ0) is 21.9. The van der Waals surface area contributed by atoms with Gasteiger partial charge < -0.3 is 9.84 Å². The summed E-state index contributed by atoms with van der Waals surface area (Å²) in [5.74, 6) is -2.85. The minimum Gasteiger partial charge on any atom is -0.489 e. The molecule has 6 nitrogen and oxygen atoms in total. The highest BCUT2D eigenvalue weighted by molar-refractivity contribution is 7.92. The first-order chi connectivity index (χ1) is 14.2. The monoisotopic (exact) mass is 433 g/mol. The number of hydrogen-bond acceptors (Lipinski definition) is 4. The van der Waals surface area contributed by atoms with Crippen LogP contribution in [-0.4, -0.2) is 19.5 Å². The van der Waals surface area contributed by atoms with Crippen molar-refractivity contribution in [1.29, 1.82) is 0 Å². The fourth-order valence-corrected chi connectivity index (χ4v) is 3.74. The predicted octanol–water partition coefficient (Wildman–Crippen LogP) is 4.35. The van der Waals surface area contributed by atoms with E-state index in [1.165, 1.54) is 48.5 Å². The van der Waals surface area contributed by atoms with Crippen molar-refractivity contribution in [2.75, 3.05) is 4.72 Å². The van der Waals surface area contributed by atoms with Crippen LogP contribution >= 0.6 is 0 Å². The SMILES string of the molecule is Cc1ccc(S(=O)(=O)Nc2ccc(OCc3cccc(F)c3F)cc2)cc1C(=O)O. The molecule has 0 radical (unpaired) electrons. The molecule has 3 aromatic rings. The Balaban J connectivity index is 1.71. The van der Waals surface area contributed by atoms with E-state index in [1.807, 2.05) is 0 Å². The van der Waals surface area contributed by atoms with E-state index in [1.54, 1.807) is 6.92 Å². The smallest absolute Gasteiger partial charge is 0.335 e. The lowest BCUT2D eigenvalue weighted by Gasteiger charge is -2.11. The van der Waals surface area contributed by atoms with Crippen LogP contribution in [0, 0.1) is 18.6 Å². The molecule has 3 rings (SSSR count). The normalized spacial score (nSPS) is 11.2. The fraction of sp³-hybridized carbons (Fsp3) is 0.0952. The molecule has 9 heteroatoms. The van der Waals surface area contributed by atoms with Gasteiger partial charge in [0.2, 0.25) is 0 Å². The molecule has 0 amide bonds. The minimum atomic E-state index is -4.01. The van der Waals surface area contributed by atoms with Gasteiger partial charge in [-0.25, -0.2) is 22.0 Å². The van der Waals surface area contributed by atoms with E-state index < -0.39 is 27.6 Å². The molecule has 0 aliphatic carbocycles. The first-order valence-electron chi connectivity index (χ1n) is 8.70. The highest BCUT2D eigenvalue weighted by atomic mass is 32.2. The number of anilines is 1. The van der Waals surface area contributed by atoms with Gasteiger partial charge in [-0.15, -0.1) is 0 Å². The van der Waals surface area contributed by atoms with Crippen LogP contribution in [0.4, 0.5) is 14.5 Å². The molecule has 0 unspecified atom stereocenters. The Bertz CT molecular complexity index is 1190. The molecule has 0 fully saturated rings. The summed E-state index contributed by atoms with van der Waals surface area (Å²) in [5, 5.41) is 9.17. The zero-order valence-corrected chi connectivity index (χ0v) is 16.5. The average molecular weight is 433 g/mol. The van der Waals surface area contributed by atoms with Gasteiger partial charge in [0.25, 0.3) is 10.0 Å². The van der Waals surface area contributed by atoms with E-state index >= 15 is 0 Å².